The van der Waals surface area contributed by atoms with Crippen molar-refractivity contribution in [1.29, 1.82) is 0 Å². The Balaban J connectivity index is 0.000000288. The zero-order valence-electron chi connectivity index (χ0n) is 9.05. The van der Waals surface area contributed by atoms with Crippen molar-refractivity contribution in [3.8, 4) is 0 Å². The largest absolute Gasteiger partial charge is 0.300 e. The van der Waals surface area contributed by atoms with Crippen LogP contribution in [0.3, 0.4) is 0 Å². The molecule has 0 unspecified atom stereocenters. The molecular formula is C11H15N3O. The molecule has 0 radical (unpaired) electrons. The Kier molecular flexibility index (Phi) is 7.73. The third-order valence-electron chi connectivity index (χ3n) is 1.71. The first-order valence-electron chi connectivity index (χ1n) is 4.86. The van der Waals surface area contributed by atoms with Gasteiger partial charge in [-0.25, -0.2) is 0 Å². The van der Waals surface area contributed by atoms with Gasteiger partial charge in [0.15, 0.2) is 0 Å². The number of Topliss-reactive ketones (excluding diaryl/α,β-unsaturated/α-hetero) is 1. The topological polar surface area (TPSA) is 65.8 Å². The standard InChI is InChI=1S/C6H5N3.C5H10O/c7-9-8-6-4-2-1-3-5-6;1-3-5(6)4-2/h1-5H;3-4H2,1-2H3. The lowest BCUT2D eigenvalue weighted by Gasteiger charge is -1.83. The highest BCUT2D eigenvalue weighted by molar-refractivity contribution is 5.77. The predicted molar refractivity (Wildman–Crippen MR) is 60.8 cm³/mol. The first kappa shape index (κ1) is 13.2. The number of azide groups is 1. The first-order chi connectivity index (χ1) is 7.24. The van der Waals surface area contributed by atoms with Crippen LogP contribution >= 0.6 is 0 Å². The summed E-state index contributed by atoms with van der Waals surface area (Å²) in [6, 6.07) is 9.02. The average molecular weight is 205 g/mol. The monoisotopic (exact) mass is 205 g/mol. The predicted octanol–water partition coefficient (Wildman–Crippen LogP) is 4.00. The maximum absolute atomic E-state index is 10.2. The highest BCUT2D eigenvalue weighted by Crippen LogP contribution is 2.08. The molecule has 0 spiro atoms. The van der Waals surface area contributed by atoms with E-state index in [4.69, 9.17) is 5.53 Å². The summed E-state index contributed by atoms with van der Waals surface area (Å²) in [7, 11) is 0. The number of carbonyl (C=O) groups excluding carboxylic acids is 1. The molecule has 0 N–H and O–H groups in total. The molecule has 0 aliphatic rings. The highest BCUT2D eigenvalue weighted by Gasteiger charge is 1.86. The second-order valence-corrected chi connectivity index (χ2v) is 2.77. The lowest BCUT2D eigenvalue weighted by atomic mass is 10.3. The van der Waals surface area contributed by atoms with Gasteiger partial charge in [0.1, 0.15) is 5.78 Å². The molecule has 0 aliphatic carbocycles. The van der Waals surface area contributed by atoms with Crippen LogP contribution in [0.25, 0.3) is 10.4 Å². The van der Waals surface area contributed by atoms with Crippen LogP contribution in [-0.2, 0) is 4.79 Å². The first-order valence-corrected chi connectivity index (χ1v) is 4.86. The van der Waals surface area contributed by atoms with Crippen LogP contribution in [0, 0.1) is 0 Å². The molecule has 0 saturated carbocycles. The van der Waals surface area contributed by atoms with Crippen molar-refractivity contribution >= 4 is 11.5 Å². The van der Waals surface area contributed by atoms with E-state index in [0.717, 1.165) is 0 Å². The number of nitrogens with zero attached hydrogens (tertiary/aromatic N) is 3. The van der Waals surface area contributed by atoms with Gasteiger partial charge in [0, 0.05) is 23.4 Å². The second-order valence-electron chi connectivity index (χ2n) is 2.77. The molecule has 0 aromatic heterocycles. The minimum absolute atomic E-state index is 0.343. The number of carbonyl (C=O) groups is 1. The van der Waals surface area contributed by atoms with Gasteiger partial charge in [0.25, 0.3) is 0 Å². The summed E-state index contributed by atoms with van der Waals surface area (Å²) in [5.74, 6) is 0.343. The highest BCUT2D eigenvalue weighted by atomic mass is 16.1. The zero-order chi connectivity index (χ0) is 11.5. The summed E-state index contributed by atoms with van der Waals surface area (Å²) in [6.07, 6.45) is 1.38. The number of rotatable bonds is 3. The molecule has 4 nitrogen and oxygen atoms in total. The van der Waals surface area contributed by atoms with Crippen molar-refractivity contribution in [3.05, 3.63) is 40.8 Å². The maximum atomic E-state index is 10.2. The number of hydrogen-bond acceptors (Lipinski definition) is 2. The lowest BCUT2D eigenvalue weighted by molar-refractivity contribution is -0.118. The zero-order valence-corrected chi connectivity index (χ0v) is 9.05. The molecule has 0 saturated heterocycles. The summed E-state index contributed by atoms with van der Waals surface area (Å²) < 4.78 is 0. The van der Waals surface area contributed by atoms with Gasteiger partial charge in [0.2, 0.25) is 0 Å². The molecular weight excluding hydrogens is 190 g/mol. The quantitative estimate of drug-likeness (QED) is 0.417. The van der Waals surface area contributed by atoms with Crippen molar-refractivity contribution in [1.82, 2.24) is 0 Å². The van der Waals surface area contributed by atoms with Gasteiger partial charge in [-0.1, -0.05) is 49.3 Å². The van der Waals surface area contributed by atoms with Crippen LogP contribution in [0.15, 0.2) is 35.4 Å². The van der Waals surface area contributed by atoms with Gasteiger partial charge in [-0.05, 0) is 5.53 Å². The van der Waals surface area contributed by atoms with Gasteiger partial charge in [-0.15, -0.1) is 0 Å². The molecule has 0 fully saturated rings. The van der Waals surface area contributed by atoms with Gasteiger partial charge in [0.05, 0.1) is 0 Å². The molecule has 4 heteroatoms. The van der Waals surface area contributed by atoms with Crippen LogP contribution in [0.4, 0.5) is 5.69 Å². The molecule has 15 heavy (non-hydrogen) atoms. The summed E-state index contributed by atoms with van der Waals surface area (Å²) in [4.78, 5) is 12.8. The third-order valence-corrected chi connectivity index (χ3v) is 1.71. The van der Waals surface area contributed by atoms with Crippen LogP contribution < -0.4 is 0 Å². The molecule has 0 heterocycles. The Morgan fingerprint density at radius 1 is 1.27 bits per heavy atom. The molecule has 1 rings (SSSR count). The molecule has 1 aromatic carbocycles. The average Bonchev–Trinajstić information content (AvgIpc) is 2.31. The lowest BCUT2D eigenvalue weighted by Crippen LogP contribution is -1.88. The van der Waals surface area contributed by atoms with Crippen molar-refractivity contribution in [3.63, 3.8) is 0 Å². The van der Waals surface area contributed by atoms with Crippen molar-refractivity contribution in [2.24, 2.45) is 5.11 Å². The number of benzene rings is 1. The minimum atomic E-state index is 0.343. The van der Waals surface area contributed by atoms with Gasteiger partial charge in [-0.2, -0.15) is 0 Å². The normalized spacial score (nSPS) is 8.13. The Hall–Kier alpha value is -1.80. The van der Waals surface area contributed by atoms with E-state index < -0.39 is 0 Å². The number of hydrogen-bond donors (Lipinski definition) is 0. The van der Waals surface area contributed by atoms with Gasteiger partial charge < -0.3 is 0 Å². The van der Waals surface area contributed by atoms with E-state index in [0.29, 0.717) is 24.3 Å². The summed E-state index contributed by atoms with van der Waals surface area (Å²) in [6.45, 7) is 3.76. The Morgan fingerprint density at radius 2 is 1.80 bits per heavy atom. The second kappa shape index (κ2) is 8.78. The van der Waals surface area contributed by atoms with Gasteiger partial charge in [-0.3, -0.25) is 4.79 Å². The molecule has 80 valence electrons. The van der Waals surface area contributed by atoms with Crippen LogP contribution in [0.5, 0.6) is 0 Å². The van der Waals surface area contributed by atoms with Crippen molar-refractivity contribution < 1.29 is 4.79 Å². The Labute approximate surface area is 89.6 Å². The fourth-order valence-electron chi connectivity index (χ4n) is 0.796. The van der Waals surface area contributed by atoms with E-state index in [-0.39, 0.29) is 0 Å². The van der Waals surface area contributed by atoms with E-state index in [2.05, 4.69) is 10.0 Å². The fourth-order valence-corrected chi connectivity index (χ4v) is 0.796. The van der Waals surface area contributed by atoms with E-state index in [9.17, 15) is 4.79 Å². The number of ketones is 1. The third kappa shape index (κ3) is 7.28. The molecule has 0 atom stereocenters. The smallest absolute Gasteiger partial charge is 0.132 e. The van der Waals surface area contributed by atoms with E-state index >= 15 is 0 Å². The Bertz CT molecular complexity index is 323. The van der Waals surface area contributed by atoms with Gasteiger partial charge >= 0.3 is 0 Å². The summed E-state index contributed by atoms with van der Waals surface area (Å²) in [5, 5.41) is 3.39. The van der Waals surface area contributed by atoms with Crippen LogP contribution in [0.1, 0.15) is 26.7 Å². The van der Waals surface area contributed by atoms with Crippen molar-refractivity contribution in [2.45, 2.75) is 26.7 Å². The fraction of sp³-hybridized carbons (Fsp3) is 0.364. The SMILES string of the molecule is CCC(=O)CC.[N-]=[N+]=Nc1ccccc1. The molecule has 0 bridgehead atoms. The van der Waals surface area contributed by atoms with Crippen molar-refractivity contribution in [2.75, 3.05) is 0 Å². The van der Waals surface area contributed by atoms with E-state index in [1.54, 1.807) is 12.1 Å². The molecule has 1 aromatic rings. The maximum Gasteiger partial charge on any atom is 0.132 e. The van der Waals surface area contributed by atoms with E-state index in [1.807, 2.05) is 32.0 Å². The summed E-state index contributed by atoms with van der Waals surface area (Å²) >= 11 is 0. The van der Waals surface area contributed by atoms with Crippen LogP contribution in [-0.4, -0.2) is 5.78 Å². The van der Waals surface area contributed by atoms with E-state index in [1.165, 1.54) is 0 Å². The molecule has 0 aliphatic heterocycles. The molecule has 0 amide bonds. The Morgan fingerprint density at radius 3 is 2.13 bits per heavy atom. The van der Waals surface area contributed by atoms with Crippen LogP contribution in [0.2, 0.25) is 0 Å². The minimum Gasteiger partial charge on any atom is -0.300 e. The summed E-state index contributed by atoms with van der Waals surface area (Å²) in [5.41, 5.74) is 8.63.